The van der Waals surface area contributed by atoms with Gasteiger partial charge in [0.2, 0.25) is 0 Å². The summed E-state index contributed by atoms with van der Waals surface area (Å²) in [7, 11) is 0. The van der Waals surface area contributed by atoms with E-state index in [2.05, 4.69) is 0 Å². The fraction of sp³-hybridized carbons (Fsp3) is 0.462. The Morgan fingerprint density at radius 2 is 2.22 bits per heavy atom. The highest BCUT2D eigenvalue weighted by Crippen LogP contribution is 2.38. The summed E-state index contributed by atoms with van der Waals surface area (Å²) in [6, 6.07) is 4.90. The molecule has 0 aliphatic heterocycles. The van der Waals surface area contributed by atoms with Crippen LogP contribution in [0.4, 0.5) is 0 Å². The van der Waals surface area contributed by atoms with Crippen molar-refractivity contribution in [1.29, 1.82) is 0 Å². The SMILES string of the molecule is CC(=O)Oc1ccc([C@@H](N)CC2CC2)cc1O.Cl. The molecular weight excluding hydrogens is 254 g/mol. The Morgan fingerprint density at radius 1 is 1.56 bits per heavy atom. The maximum atomic E-state index is 10.8. The van der Waals surface area contributed by atoms with Crippen molar-refractivity contribution < 1.29 is 14.6 Å². The summed E-state index contributed by atoms with van der Waals surface area (Å²) in [5, 5.41) is 9.71. The standard InChI is InChI=1S/C13H17NO3.ClH/c1-8(15)17-13-5-4-10(7-12(13)16)11(14)6-9-2-3-9;/h4-5,7,9,11,16H,2-3,6,14H2,1H3;1H/t11-;/m0./s1. The predicted octanol–water partition coefficient (Wildman–Crippen LogP) is 2.54. The van der Waals surface area contributed by atoms with Gasteiger partial charge in [-0.05, 0) is 30.0 Å². The molecule has 100 valence electrons. The number of carbonyl (C=O) groups excluding carboxylic acids is 1. The molecule has 4 nitrogen and oxygen atoms in total. The summed E-state index contributed by atoms with van der Waals surface area (Å²) in [5.41, 5.74) is 6.92. The van der Waals surface area contributed by atoms with E-state index in [0.29, 0.717) is 0 Å². The van der Waals surface area contributed by atoms with Crippen LogP contribution in [0.25, 0.3) is 0 Å². The normalized spacial score (nSPS) is 15.7. The molecule has 0 radical (unpaired) electrons. The molecule has 3 N–H and O–H groups in total. The minimum Gasteiger partial charge on any atom is -0.504 e. The van der Waals surface area contributed by atoms with E-state index in [9.17, 15) is 9.90 Å². The summed E-state index contributed by atoms with van der Waals surface area (Å²) >= 11 is 0. The summed E-state index contributed by atoms with van der Waals surface area (Å²) in [6.45, 7) is 1.30. The smallest absolute Gasteiger partial charge is 0.308 e. The van der Waals surface area contributed by atoms with Gasteiger partial charge in [-0.3, -0.25) is 4.79 Å². The van der Waals surface area contributed by atoms with Gasteiger partial charge >= 0.3 is 5.97 Å². The maximum absolute atomic E-state index is 10.8. The van der Waals surface area contributed by atoms with Crippen molar-refractivity contribution >= 4 is 18.4 Å². The predicted molar refractivity (Wildman–Crippen MR) is 70.9 cm³/mol. The van der Waals surface area contributed by atoms with Gasteiger partial charge in [0.05, 0.1) is 0 Å². The second-order valence-corrected chi connectivity index (χ2v) is 4.61. The van der Waals surface area contributed by atoms with Gasteiger partial charge in [0, 0.05) is 13.0 Å². The number of halogens is 1. The molecule has 1 aromatic carbocycles. The number of hydrogen-bond donors (Lipinski definition) is 2. The van der Waals surface area contributed by atoms with Crippen molar-refractivity contribution in [2.45, 2.75) is 32.2 Å². The van der Waals surface area contributed by atoms with Crippen LogP contribution in [0, 0.1) is 5.92 Å². The number of esters is 1. The van der Waals surface area contributed by atoms with Crippen molar-refractivity contribution in [2.24, 2.45) is 11.7 Å². The molecule has 0 aromatic heterocycles. The fourth-order valence-electron chi connectivity index (χ4n) is 1.85. The van der Waals surface area contributed by atoms with Crippen LogP contribution >= 0.6 is 12.4 Å². The molecule has 1 atom stereocenters. The first-order valence-corrected chi connectivity index (χ1v) is 5.83. The first-order valence-electron chi connectivity index (χ1n) is 5.83. The van der Waals surface area contributed by atoms with Crippen LogP contribution in [0.5, 0.6) is 11.5 Å². The molecule has 1 fully saturated rings. The van der Waals surface area contributed by atoms with Crippen LogP contribution in [0.2, 0.25) is 0 Å². The van der Waals surface area contributed by atoms with E-state index in [1.807, 2.05) is 0 Å². The molecule has 1 aliphatic carbocycles. The zero-order chi connectivity index (χ0) is 12.4. The monoisotopic (exact) mass is 271 g/mol. The van der Waals surface area contributed by atoms with Crippen molar-refractivity contribution in [1.82, 2.24) is 0 Å². The van der Waals surface area contributed by atoms with E-state index < -0.39 is 5.97 Å². The molecule has 1 aromatic rings. The van der Waals surface area contributed by atoms with Crippen molar-refractivity contribution in [3.8, 4) is 11.5 Å². The third-order valence-corrected chi connectivity index (χ3v) is 2.95. The Hall–Kier alpha value is -1.26. The molecule has 0 bridgehead atoms. The topological polar surface area (TPSA) is 72.5 Å². The lowest BCUT2D eigenvalue weighted by Crippen LogP contribution is -2.11. The Kier molecular flexibility index (Phi) is 4.99. The van der Waals surface area contributed by atoms with Gasteiger partial charge in [0.15, 0.2) is 11.5 Å². The maximum Gasteiger partial charge on any atom is 0.308 e. The number of rotatable bonds is 4. The molecule has 0 unspecified atom stereocenters. The van der Waals surface area contributed by atoms with Crippen LogP contribution in [0.15, 0.2) is 18.2 Å². The third-order valence-electron chi connectivity index (χ3n) is 2.95. The number of hydrogen-bond acceptors (Lipinski definition) is 4. The summed E-state index contributed by atoms with van der Waals surface area (Å²) in [6.07, 6.45) is 3.46. The molecular formula is C13H18ClNO3. The molecule has 0 saturated heterocycles. The van der Waals surface area contributed by atoms with Gasteiger partial charge in [-0.2, -0.15) is 0 Å². The highest BCUT2D eigenvalue weighted by Gasteiger charge is 2.24. The molecule has 1 aliphatic rings. The number of aromatic hydroxyl groups is 1. The Balaban J connectivity index is 0.00000162. The Morgan fingerprint density at radius 3 is 2.72 bits per heavy atom. The lowest BCUT2D eigenvalue weighted by Gasteiger charge is -2.13. The lowest BCUT2D eigenvalue weighted by molar-refractivity contribution is -0.132. The van der Waals surface area contributed by atoms with E-state index in [0.717, 1.165) is 17.9 Å². The van der Waals surface area contributed by atoms with Crippen LogP contribution in [0.3, 0.4) is 0 Å². The quantitative estimate of drug-likeness (QED) is 0.652. The third kappa shape index (κ3) is 3.89. The van der Waals surface area contributed by atoms with Crippen LogP contribution < -0.4 is 10.5 Å². The van der Waals surface area contributed by atoms with Gasteiger partial charge < -0.3 is 15.6 Å². The number of carbonyl (C=O) groups is 1. The lowest BCUT2D eigenvalue weighted by atomic mass is 10.0. The first-order chi connectivity index (χ1) is 8.06. The van der Waals surface area contributed by atoms with E-state index in [1.165, 1.54) is 19.8 Å². The van der Waals surface area contributed by atoms with Gasteiger partial charge in [0.25, 0.3) is 0 Å². The molecule has 1 saturated carbocycles. The van der Waals surface area contributed by atoms with Gasteiger partial charge in [0.1, 0.15) is 0 Å². The molecule has 5 heteroatoms. The second kappa shape index (κ2) is 6.07. The largest absolute Gasteiger partial charge is 0.504 e. The summed E-state index contributed by atoms with van der Waals surface area (Å²) in [4.78, 5) is 10.8. The first kappa shape index (κ1) is 14.8. The second-order valence-electron chi connectivity index (χ2n) is 4.61. The number of phenolic OH excluding ortho intramolecular Hbond substituents is 1. The minimum absolute atomic E-state index is 0. The van der Waals surface area contributed by atoms with Gasteiger partial charge in [-0.15, -0.1) is 12.4 Å². The molecule has 18 heavy (non-hydrogen) atoms. The average Bonchev–Trinajstić information content (AvgIpc) is 3.04. The summed E-state index contributed by atoms with van der Waals surface area (Å²) < 4.78 is 4.84. The zero-order valence-electron chi connectivity index (χ0n) is 10.3. The van der Waals surface area contributed by atoms with Crippen molar-refractivity contribution in [2.75, 3.05) is 0 Å². The van der Waals surface area contributed by atoms with Crippen LogP contribution in [-0.4, -0.2) is 11.1 Å². The number of phenols is 1. The Bertz CT molecular complexity index is 432. The van der Waals surface area contributed by atoms with Crippen molar-refractivity contribution in [3.05, 3.63) is 23.8 Å². The number of nitrogens with two attached hydrogens (primary N) is 1. The van der Waals surface area contributed by atoms with E-state index >= 15 is 0 Å². The average molecular weight is 272 g/mol. The van der Waals surface area contributed by atoms with Gasteiger partial charge in [-0.1, -0.05) is 18.9 Å². The summed E-state index contributed by atoms with van der Waals surface area (Å²) in [5.74, 6) is 0.430. The minimum atomic E-state index is -0.449. The number of ether oxygens (including phenoxy) is 1. The highest BCUT2D eigenvalue weighted by atomic mass is 35.5. The van der Waals surface area contributed by atoms with Gasteiger partial charge in [-0.25, -0.2) is 0 Å². The van der Waals surface area contributed by atoms with E-state index in [4.69, 9.17) is 10.5 Å². The molecule has 0 heterocycles. The zero-order valence-corrected chi connectivity index (χ0v) is 11.1. The number of benzene rings is 1. The molecule has 2 rings (SSSR count). The highest BCUT2D eigenvalue weighted by molar-refractivity contribution is 5.85. The Labute approximate surface area is 113 Å². The molecule has 0 amide bonds. The van der Waals surface area contributed by atoms with E-state index in [-0.39, 0.29) is 29.9 Å². The molecule has 0 spiro atoms. The van der Waals surface area contributed by atoms with Crippen molar-refractivity contribution in [3.63, 3.8) is 0 Å². The van der Waals surface area contributed by atoms with Crippen LogP contribution in [-0.2, 0) is 4.79 Å². The van der Waals surface area contributed by atoms with Crippen LogP contribution in [0.1, 0.15) is 37.8 Å². The fourth-order valence-corrected chi connectivity index (χ4v) is 1.85. The van der Waals surface area contributed by atoms with E-state index in [1.54, 1.807) is 18.2 Å².